The van der Waals surface area contributed by atoms with E-state index in [1.807, 2.05) is 13.8 Å². The summed E-state index contributed by atoms with van der Waals surface area (Å²) in [6.45, 7) is 5.54. The molecule has 1 aliphatic heterocycles. The molecule has 2 unspecified atom stereocenters. The summed E-state index contributed by atoms with van der Waals surface area (Å²) in [5, 5.41) is 2.71. The van der Waals surface area contributed by atoms with Gasteiger partial charge in [0.15, 0.2) is 0 Å². The first-order chi connectivity index (χ1) is 7.54. The molecule has 92 valence electrons. The van der Waals surface area contributed by atoms with Gasteiger partial charge in [-0.15, -0.1) is 0 Å². The average molecular weight is 227 g/mol. The molecule has 0 aromatic heterocycles. The Bertz CT molecular complexity index is 268. The highest BCUT2D eigenvalue weighted by molar-refractivity contribution is 5.79. The summed E-state index contributed by atoms with van der Waals surface area (Å²) in [6, 6.07) is 0.0342. The number of rotatable bonds is 4. The largest absolute Gasteiger partial charge is 0.356 e. The standard InChI is InChI=1S/C11H21N3O2/c1-3-13-10(15)4-5-14-7-9(12)8(2)6-11(14)16/h8-9H,3-7,12H2,1-2H3,(H,13,15). The lowest BCUT2D eigenvalue weighted by molar-refractivity contribution is -0.136. The molecule has 0 bridgehead atoms. The van der Waals surface area contributed by atoms with Gasteiger partial charge in [0.05, 0.1) is 0 Å². The van der Waals surface area contributed by atoms with Crippen LogP contribution in [-0.4, -0.2) is 42.4 Å². The Morgan fingerprint density at radius 1 is 1.62 bits per heavy atom. The van der Waals surface area contributed by atoms with Crippen LogP contribution in [0.25, 0.3) is 0 Å². The van der Waals surface area contributed by atoms with Gasteiger partial charge >= 0.3 is 0 Å². The minimum atomic E-state index is -0.0116. The zero-order valence-corrected chi connectivity index (χ0v) is 10.0. The van der Waals surface area contributed by atoms with E-state index in [9.17, 15) is 9.59 Å². The third-order valence-electron chi connectivity index (χ3n) is 2.99. The summed E-state index contributed by atoms with van der Waals surface area (Å²) in [7, 11) is 0. The zero-order chi connectivity index (χ0) is 12.1. The summed E-state index contributed by atoms with van der Waals surface area (Å²) in [4.78, 5) is 24.6. The number of likely N-dealkylation sites (tertiary alicyclic amines) is 1. The van der Waals surface area contributed by atoms with E-state index < -0.39 is 0 Å². The number of amides is 2. The second-order valence-electron chi connectivity index (χ2n) is 4.39. The van der Waals surface area contributed by atoms with Gasteiger partial charge in [0.25, 0.3) is 0 Å². The van der Waals surface area contributed by atoms with Gasteiger partial charge in [-0.05, 0) is 12.8 Å². The molecule has 1 fully saturated rings. The molecule has 0 saturated carbocycles. The molecule has 1 rings (SSSR count). The molecule has 0 aromatic carbocycles. The van der Waals surface area contributed by atoms with Gasteiger partial charge < -0.3 is 16.0 Å². The summed E-state index contributed by atoms with van der Waals surface area (Å²) in [6.07, 6.45) is 0.858. The van der Waals surface area contributed by atoms with E-state index in [4.69, 9.17) is 5.73 Å². The highest BCUT2D eigenvalue weighted by Gasteiger charge is 2.28. The van der Waals surface area contributed by atoms with E-state index in [-0.39, 0.29) is 23.8 Å². The van der Waals surface area contributed by atoms with Gasteiger partial charge in [0.1, 0.15) is 0 Å². The van der Waals surface area contributed by atoms with E-state index in [0.29, 0.717) is 32.5 Å². The average Bonchev–Trinajstić information content (AvgIpc) is 2.22. The predicted octanol–water partition coefficient (Wildman–Crippen LogP) is -0.292. The van der Waals surface area contributed by atoms with Crippen LogP contribution in [0.5, 0.6) is 0 Å². The van der Waals surface area contributed by atoms with Gasteiger partial charge in [-0.2, -0.15) is 0 Å². The molecule has 0 spiro atoms. The van der Waals surface area contributed by atoms with E-state index in [1.54, 1.807) is 4.90 Å². The molecule has 1 aliphatic rings. The first-order valence-corrected chi connectivity index (χ1v) is 5.84. The van der Waals surface area contributed by atoms with Crippen LogP contribution in [0.1, 0.15) is 26.7 Å². The Morgan fingerprint density at radius 2 is 2.31 bits per heavy atom. The van der Waals surface area contributed by atoms with Crippen molar-refractivity contribution in [2.45, 2.75) is 32.7 Å². The normalized spacial score (nSPS) is 25.7. The van der Waals surface area contributed by atoms with Gasteiger partial charge in [-0.3, -0.25) is 9.59 Å². The Balaban J connectivity index is 2.36. The molecule has 0 aliphatic carbocycles. The molecule has 16 heavy (non-hydrogen) atoms. The van der Waals surface area contributed by atoms with Crippen LogP contribution in [0, 0.1) is 5.92 Å². The molecule has 5 heteroatoms. The number of carbonyl (C=O) groups is 2. The molecule has 1 saturated heterocycles. The molecular weight excluding hydrogens is 206 g/mol. The van der Waals surface area contributed by atoms with E-state index in [2.05, 4.69) is 5.32 Å². The molecule has 1 heterocycles. The van der Waals surface area contributed by atoms with Crippen molar-refractivity contribution in [2.24, 2.45) is 11.7 Å². The van der Waals surface area contributed by atoms with Crippen LogP contribution < -0.4 is 11.1 Å². The van der Waals surface area contributed by atoms with Crippen molar-refractivity contribution < 1.29 is 9.59 Å². The summed E-state index contributed by atoms with van der Waals surface area (Å²) < 4.78 is 0. The summed E-state index contributed by atoms with van der Waals surface area (Å²) >= 11 is 0. The Kier molecular flexibility index (Phi) is 4.73. The summed E-state index contributed by atoms with van der Waals surface area (Å²) in [5.41, 5.74) is 5.90. The second kappa shape index (κ2) is 5.84. The van der Waals surface area contributed by atoms with Gasteiger partial charge in [-0.25, -0.2) is 0 Å². The topological polar surface area (TPSA) is 75.4 Å². The van der Waals surface area contributed by atoms with Crippen molar-refractivity contribution >= 4 is 11.8 Å². The molecule has 2 amide bonds. The SMILES string of the molecule is CCNC(=O)CCN1CC(N)C(C)CC1=O. The first-order valence-electron chi connectivity index (χ1n) is 5.84. The van der Waals surface area contributed by atoms with Gasteiger partial charge in [0, 0.05) is 38.5 Å². The Labute approximate surface area is 96.4 Å². The quantitative estimate of drug-likeness (QED) is 0.693. The number of carbonyl (C=O) groups excluding carboxylic acids is 2. The van der Waals surface area contributed by atoms with E-state index in [1.165, 1.54) is 0 Å². The minimum Gasteiger partial charge on any atom is -0.356 e. The second-order valence-corrected chi connectivity index (χ2v) is 4.39. The number of hydrogen-bond acceptors (Lipinski definition) is 3. The number of nitrogens with two attached hydrogens (primary N) is 1. The van der Waals surface area contributed by atoms with Crippen LogP contribution in [0.2, 0.25) is 0 Å². The number of piperidine rings is 1. The van der Waals surface area contributed by atoms with Crippen molar-refractivity contribution in [3.05, 3.63) is 0 Å². The maximum atomic E-state index is 11.7. The van der Waals surface area contributed by atoms with Crippen molar-refractivity contribution in [3.63, 3.8) is 0 Å². The van der Waals surface area contributed by atoms with Crippen molar-refractivity contribution in [2.75, 3.05) is 19.6 Å². The molecule has 3 N–H and O–H groups in total. The lowest BCUT2D eigenvalue weighted by atomic mass is 9.93. The fourth-order valence-electron chi connectivity index (χ4n) is 1.83. The van der Waals surface area contributed by atoms with E-state index >= 15 is 0 Å². The molecule has 2 atom stereocenters. The Morgan fingerprint density at radius 3 is 2.94 bits per heavy atom. The number of nitrogens with one attached hydrogen (secondary N) is 1. The van der Waals surface area contributed by atoms with Crippen molar-refractivity contribution in [1.29, 1.82) is 0 Å². The Hall–Kier alpha value is -1.10. The van der Waals surface area contributed by atoms with Crippen molar-refractivity contribution in [1.82, 2.24) is 10.2 Å². The number of nitrogens with zero attached hydrogens (tertiary/aromatic N) is 1. The maximum Gasteiger partial charge on any atom is 0.222 e. The lowest BCUT2D eigenvalue weighted by Crippen LogP contribution is -2.51. The fraction of sp³-hybridized carbons (Fsp3) is 0.818. The first kappa shape index (κ1) is 13.0. The third kappa shape index (κ3) is 3.48. The van der Waals surface area contributed by atoms with E-state index in [0.717, 1.165) is 0 Å². The zero-order valence-electron chi connectivity index (χ0n) is 10.0. The third-order valence-corrected chi connectivity index (χ3v) is 2.99. The maximum absolute atomic E-state index is 11.7. The molecule has 0 radical (unpaired) electrons. The predicted molar refractivity (Wildman–Crippen MR) is 61.6 cm³/mol. The highest BCUT2D eigenvalue weighted by Crippen LogP contribution is 2.16. The molecule has 0 aromatic rings. The lowest BCUT2D eigenvalue weighted by Gasteiger charge is -2.34. The van der Waals surface area contributed by atoms with Crippen LogP contribution in [0.15, 0.2) is 0 Å². The summed E-state index contributed by atoms with van der Waals surface area (Å²) in [5.74, 6) is 0.342. The minimum absolute atomic E-state index is 0.0116. The fourth-order valence-corrected chi connectivity index (χ4v) is 1.83. The van der Waals surface area contributed by atoms with Crippen LogP contribution >= 0.6 is 0 Å². The van der Waals surface area contributed by atoms with Crippen LogP contribution in [0.3, 0.4) is 0 Å². The van der Waals surface area contributed by atoms with Crippen LogP contribution in [0.4, 0.5) is 0 Å². The number of hydrogen-bond donors (Lipinski definition) is 2. The van der Waals surface area contributed by atoms with Gasteiger partial charge in [0.2, 0.25) is 11.8 Å². The molecular formula is C11H21N3O2. The van der Waals surface area contributed by atoms with Crippen LogP contribution in [-0.2, 0) is 9.59 Å². The monoisotopic (exact) mass is 227 g/mol. The van der Waals surface area contributed by atoms with Gasteiger partial charge in [-0.1, -0.05) is 6.92 Å². The van der Waals surface area contributed by atoms with Crippen molar-refractivity contribution in [3.8, 4) is 0 Å². The smallest absolute Gasteiger partial charge is 0.222 e. The molecule has 5 nitrogen and oxygen atoms in total. The highest BCUT2D eigenvalue weighted by atomic mass is 16.2.